The number of amidine groups is 1. The molecular formula is C13H18N6O. The fourth-order valence-corrected chi connectivity index (χ4v) is 1.82. The molecule has 1 aliphatic heterocycles. The van der Waals surface area contributed by atoms with Crippen molar-refractivity contribution >= 4 is 22.9 Å². The zero-order valence-electron chi connectivity index (χ0n) is 11.5. The largest absolute Gasteiger partial charge is 0.463 e. The smallest absolute Gasteiger partial charge is 0.201 e. The highest BCUT2D eigenvalue weighted by Crippen LogP contribution is 2.20. The van der Waals surface area contributed by atoms with Crippen LogP contribution in [0.4, 0.5) is 5.69 Å². The van der Waals surface area contributed by atoms with Crippen LogP contribution >= 0.6 is 0 Å². The topological polar surface area (TPSA) is 113 Å². The average molecular weight is 274 g/mol. The molecule has 0 bridgehead atoms. The molecule has 0 spiro atoms. The van der Waals surface area contributed by atoms with Crippen LogP contribution in [0.5, 0.6) is 5.75 Å². The van der Waals surface area contributed by atoms with E-state index in [1.54, 1.807) is 29.3 Å². The zero-order valence-corrected chi connectivity index (χ0v) is 11.5. The maximum Gasteiger partial charge on any atom is 0.201 e. The van der Waals surface area contributed by atoms with Gasteiger partial charge < -0.3 is 4.74 Å². The summed E-state index contributed by atoms with van der Waals surface area (Å²) in [4.78, 5) is 4.44. The van der Waals surface area contributed by atoms with Crippen molar-refractivity contribution < 1.29 is 4.74 Å². The molecule has 106 valence electrons. The van der Waals surface area contributed by atoms with Crippen molar-refractivity contribution in [3.8, 4) is 5.75 Å². The van der Waals surface area contributed by atoms with Gasteiger partial charge in [0.15, 0.2) is 5.84 Å². The van der Waals surface area contributed by atoms with Crippen LogP contribution in [0.3, 0.4) is 0 Å². The number of nitrogens with one attached hydrogen (secondary N) is 1. The molecular weight excluding hydrogens is 256 g/mol. The number of benzene rings is 1. The molecule has 0 atom stereocenters. The lowest BCUT2D eigenvalue weighted by Crippen LogP contribution is -2.36. The second kappa shape index (κ2) is 5.81. The summed E-state index contributed by atoms with van der Waals surface area (Å²) >= 11 is 0. The Morgan fingerprint density at radius 3 is 2.50 bits per heavy atom. The average Bonchev–Trinajstić information content (AvgIpc) is 2.67. The van der Waals surface area contributed by atoms with Gasteiger partial charge in [0.05, 0.1) is 11.4 Å². The molecule has 0 aliphatic carbocycles. The molecule has 2 rings (SSSR count). The van der Waals surface area contributed by atoms with Crippen molar-refractivity contribution in [1.29, 1.82) is 5.41 Å². The van der Waals surface area contributed by atoms with Crippen LogP contribution in [-0.2, 0) is 0 Å². The molecule has 1 heterocycles. The predicted octanol–water partition coefficient (Wildman–Crippen LogP) is 1.03. The van der Waals surface area contributed by atoms with E-state index >= 15 is 0 Å². The highest BCUT2D eigenvalue weighted by atomic mass is 16.5. The van der Waals surface area contributed by atoms with Gasteiger partial charge in [-0.15, -0.1) is 0 Å². The van der Waals surface area contributed by atoms with Gasteiger partial charge in [-0.05, 0) is 38.1 Å². The molecule has 0 saturated carbocycles. The number of ether oxygens (including phenoxy) is 1. The molecule has 0 fully saturated rings. The standard InChI is InChI=1S/C13H18N6O/c1-3-19-12(14)11(8(2)18-19)17-9-4-6-10(7-5-9)20-13(15)16/h4-7,13-14H,3,15-16H2,1-2H3. The van der Waals surface area contributed by atoms with Gasteiger partial charge in [-0.25, -0.2) is 10.0 Å². The van der Waals surface area contributed by atoms with Crippen molar-refractivity contribution in [2.45, 2.75) is 20.2 Å². The number of hydrogen-bond acceptors (Lipinski definition) is 6. The highest BCUT2D eigenvalue weighted by Gasteiger charge is 2.24. The van der Waals surface area contributed by atoms with E-state index in [1.165, 1.54) is 0 Å². The number of aliphatic imine (C=N–C) groups is 1. The summed E-state index contributed by atoms with van der Waals surface area (Å²) in [5.41, 5.74) is 12.7. The van der Waals surface area contributed by atoms with Gasteiger partial charge in [0, 0.05) is 6.54 Å². The van der Waals surface area contributed by atoms with Gasteiger partial charge in [-0.3, -0.25) is 16.9 Å². The Hall–Kier alpha value is -2.25. The Bertz CT molecular complexity index is 561. The second-order valence-electron chi connectivity index (χ2n) is 4.29. The molecule has 0 aromatic heterocycles. The fraction of sp³-hybridized carbons (Fsp3) is 0.308. The van der Waals surface area contributed by atoms with Gasteiger partial charge in [-0.1, -0.05) is 0 Å². The molecule has 0 radical (unpaired) electrons. The molecule has 7 heteroatoms. The van der Waals surface area contributed by atoms with Crippen LogP contribution in [0.1, 0.15) is 13.8 Å². The number of hydrazone groups is 1. The van der Waals surface area contributed by atoms with Crippen molar-refractivity contribution in [3.63, 3.8) is 0 Å². The molecule has 1 aliphatic rings. The molecule has 5 N–H and O–H groups in total. The SMILES string of the molecule is CCN1N=C(C)C(=Nc2ccc(OC(N)N)cc2)C1=N. The second-order valence-corrected chi connectivity index (χ2v) is 4.29. The van der Waals surface area contributed by atoms with Crippen LogP contribution in [0, 0.1) is 5.41 Å². The van der Waals surface area contributed by atoms with Crippen LogP contribution in [0.25, 0.3) is 0 Å². The van der Waals surface area contributed by atoms with E-state index in [4.69, 9.17) is 21.6 Å². The fourth-order valence-electron chi connectivity index (χ4n) is 1.82. The Morgan fingerprint density at radius 2 is 2.00 bits per heavy atom. The molecule has 0 saturated heterocycles. The first kappa shape index (κ1) is 14.2. The maximum absolute atomic E-state index is 8.00. The van der Waals surface area contributed by atoms with E-state index in [2.05, 4.69) is 10.1 Å². The maximum atomic E-state index is 8.00. The Balaban J connectivity index is 2.19. The van der Waals surface area contributed by atoms with E-state index in [-0.39, 0.29) is 0 Å². The minimum atomic E-state index is -0.845. The third-order valence-corrected chi connectivity index (χ3v) is 2.75. The lowest BCUT2D eigenvalue weighted by Gasteiger charge is -2.10. The molecule has 0 amide bonds. The Labute approximate surface area is 117 Å². The van der Waals surface area contributed by atoms with Crippen molar-refractivity contribution in [2.75, 3.05) is 6.54 Å². The summed E-state index contributed by atoms with van der Waals surface area (Å²) in [6, 6.07) is 7.02. The van der Waals surface area contributed by atoms with Gasteiger partial charge in [0.25, 0.3) is 0 Å². The Morgan fingerprint density at radius 1 is 1.35 bits per heavy atom. The van der Waals surface area contributed by atoms with Crippen molar-refractivity contribution in [2.24, 2.45) is 21.6 Å². The van der Waals surface area contributed by atoms with Gasteiger partial charge in [0.1, 0.15) is 11.5 Å². The molecule has 0 unspecified atom stereocenters. The third-order valence-electron chi connectivity index (χ3n) is 2.75. The Kier molecular flexibility index (Phi) is 4.11. The van der Waals surface area contributed by atoms with Crippen molar-refractivity contribution in [1.82, 2.24) is 5.01 Å². The first-order chi connectivity index (χ1) is 9.51. The van der Waals surface area contributed by atoms with Gasteiger partial charge in [-0.2, -0.15) is 5.10 Å². The zero-order chi connectivity index (χ0) is 14.7. The normalized spacial score (nSPS) is 17.1. The van der Waals surface area contributed by atoms with E-state index in [9.17, 15) is 0 Å². The van der Waals surface area contributed by atoms with E-state index in [0.29, 0.717) is 23.8 Å². The first-order valence-corrected chi connectivity index (χ1v) is 6.30. The minimum absolute atomic E-state index is 0.314. The quantitative estimate of drug-likeness (QED) is 0.711. The van der Waals surface area contributed by atoms with Crippen LogP contribution in [0.15, 0.2) is 34.4 Å². The minimum Gasteiger partial charge on any atom is -0.463 e. The lowest BCUT2D eigenvalue weighted by molar-refractivity contribution is 0.217. The monoisotopic (exact) mass is 274 g/mol. The van der Waals surface area contributed by atoms with Crippen LogP contribution < -0.4 is 16.2 Å². The van der Waals surface area contributed by atoms with Gasteiger partial charge in [0.2, 0.25) is 6.35 Å². The number of hydrogen-bond donors (Lipinski definition) is 3. The summed E-state index contributed by atoms with van der Waals surface area (Å²) in [5, 5.41) is 13.9. The van der Waals surface area contributed by atoms with Crippen LogP contribution in [-0.4, -0.2) is 35.2 Å². The number of nitrogens with two attached hydrogens (primary N) is 2. The summed E-state index contributed by atoms with van der Waals surface area (Å²) in [6.45, 7) is 4.43. The van der Waals surface area contributed by atoms with E-state index in [1.807, 2.05) is 13.8 Å². The first-order valence-electron chi connectivity index (χ1n) is 6.30. The lowest BCUT2D eigenvalue weighted by atomic mass is 10.2. The summed E-state index contributed by atoms with van der Waals surface area (Å²) < 4.78 is 5.15. The van der Waals surface area contributed by atoms with E-state index < -0.39 is 6.35 Å². The number of rotatable bonds is 4. The molecule has 20 heavy (non-hydrogen) atoms. The van der Waals surface area contributed by atoms with Crippen LogP contribution in [0.2, 0.25) is 0 Å². The third kappa shape index (κ3) is 3.01. The predicted molar refractivity (Wildman–Crippen MR) is 79.5 cm³/mol. The van der Waals surface area contributed by atoms with E-state index in [0.717, 1.165) is 11.4 Å². The molecule has 7 nitrogen and oxygen atoms in total. The number of nitrogens with zero attached hydrogens (tertiary/aromatic N) is 3. The summed E-state index contributed by atoms with van der Waals surface area (Å²) in [7, 11) is 0. The summed E-state index contributed by atoms with van der Waals surface area (Å²) in [6.07, 6.45) is -0.845. The molecule has 1 aromatic carbocycles. The van der Waals surface area contributed by atoms with Crippen molar-refractivity contribution in [3.05, 3.63) is 24.3 Å². The van der Waals surface area contributed by atoms with Gasteiger partial charge >= 0.3 is 0 Å². The molecule has 1 aromatic rings. The highest BCUT2D eigenvalue weighted by molar-refractivity contribution is 6.69. The summed E-state index contributed by atoms with van der Waals surface area (Å²) in [5.74, 6) is 0.889.